The van der Waals surface area contributed by atoms with Crippen LogP contribution in [0.4, 0.5) is 0 Å². The van der Waals surface area contributed by atoms with Gasteiger partial charge in [-0.05, 0) is 42.8 Å². The Morgan fingerprint density at radius 3 is 2.67 bits per heavy atom. The van der Waals surface area contributed by atoms with Crippen molar-refractivity contribution in [3.8, 4) is 5.75 Å². The largest absolute Gasteiger partial charge is 0.494 e. The number of nitrogens with zero attached hydrogens (tertiary/aromatic N) is 1. The summed E-state index contributed by atoms with van der Waals surface area (Å²) in [7, 11) is 0. The molecule has 0 spiro atoms. The number of carbonyl (C=O) groups is 1. The van der Waals surface area contributed by atoms with Crippen molar-refractivity contribution < 1.29 is 9.53 Å². The maximum absolute atomic E-state index is 12.0. The molecule has 4 nitrogen and oxygen atoms in total. The van der Waals surface area contributed by atoms with Crippen molar-refractivity contribution in [2.24, 2.45) is 0 Å². The highest BCUT2D eigenvalue weighted by Crippen LogP contribution is 2.12. The Hall–Kier alpha value is -2.20. The van der Waals surface area contributed by atoms with E-state index in [1.54, 1.807) is 18.3 Å². The van der Waals surface area contributed by atoms with Gasteiger partial charge in [-0.15, -0.1) is 0 Å². The first-order chi connectivity index (χ1) is 10.3. The number of Topliss-reactive ketones (excluding diaryl/α,β-unsaturated/α-hetero) is 1. The normalized spacial score (nSPS) is 10.3. The highest BCUT2D eigenvalue weighted by molar-refractivity contribution is 5.97. The van der Waals surface area contributed by atoms with Gasteiger partial charge in [-0.25, -0.2) is 0 Å². The zero-order valence-electron chi connectivity index (χ0n) is 12.2. The lowest BCUT2D eigenvalue weighted by Gasteiger charge is -2.06. The molecule has 0 fully saturated rings. The summed E-state index contributed by atoms with van der Waals surface area (Å²) < 4.78 is 5.49. The summed E-state index contributed by atoms with van der Waals surface area (Å²) >= 11 is 0. The second-order valence-electron chi connectivity index (χ2n) is 4.72. The van der Waals surface area contributed by atoms with Crippen LogP contribution in [0, 0.1) is 0 Å². The number of benzene rings is 1. The molecular formula is C17H20N2O2. The van der Waals surface area contributed by atoms with E-state index in [9.17, 15) is 4.79 Å². The first-order valence-corrected chi connectivity index (χ1v) is 7.16. The molecule has 2 aromatic rings. The van der Waals surface area contributed by atoms with Crippen molar-refractivity contribution in [1.29, 1.82) is 0 Å². The summed E-state index contributed by atoms with van der Waals surface area (Å²) in [6, 6.07) is 13.0. The molecule has 0 aliphatic heterocycles. The van der Waals surface area contributed by atoms with Crippen molar-refractivity contribution >= 4 is 5.78 Å². The van der Waals surface area contributed by atoms with Gasteiger partial charge in [0.25, 0.3) is 0 Å². The van der Waals surface area contributed by atoms with Crippen LogP contribution in [-0.4, -0.2) is 23.9 Å². The fourth-order valence-corrected chi connectivity index (χ4v) is 1.87. The number of rotatable bonds is 8. The number of aromatic nitrogens is 1. The SMILES string of the molecule is CCCOc1ccc(C(=O)CNCc2ccccn2)cc1. The third kappa shape index (κ3) is 5.00. The number of ketones is 1. The number of nitrogens with one attached hydrogen (secondary N) is 1. The summed E-state index contributed by atoms with van der Waals surface area (Å²) in [5, 5.41) is 3.11. The molecule has 21 heavy (non-hydrogen) atoms. The lowest BCUT2D eigenvalue weighted by atomic mass is 10.1. The predicted octanol–water partition coefficient (Wildman–Crippen LogP) is 2.84. The second kappa shape index (κ2) is 8.17. The molecule has 1 N–H and O–H groups in total. The fourth-order valence-electron chi connectivity index (χ4n) is 1.87. The van der Waals surface area contributed by atoms with Crippen LogP contribution in [0.2, 0.25) is 0 Å². The smallest absolute Gasteiger partial charge is 0.176 e. The van der Waals surface area contributed by atoms with E-state index in [2.05, 4.69) is 17.2 Å². The van der Waals surface area contributed by atoms with Crippen LogP contribution in [0.25, 0.3) is 0 Å². The van der Waals surface area contributed by atoms with Crippen LogP contribution >= 0.6 is 0 Å². The average molecular weight is 284 g/mol. The van der Waals surface area contributed by atoms with E-state index in [-0.39, 0.29) is 5.78 Å². The molecule has 1 aromatic carbocycles. The average Bonchev–Trinajstić information content (AvgIpc) is 2.54. The van der Waals surface area contributed by atoms with Crippen molar-refractivity contribution in [1.82, 2.24) is 10.3 Å². The van der Waals surface area contributed by atoms with Gasteiger partial charge in [0.2, 0.25) is 0 Å². The Labute approximate surface area is 125 Å². The second-order valence-corrected chi connectivity index (χ2v) is 4.72. The van der Waals surface area contributed by atoms with E-state index in [4.69, 9.17) is 4.74 Å². The van der Waals surface area contributed by atoms with Crippen molar-refractivity contribution in [3.05, 3.63) is 59.9 Å². The first kappa shape index (κ1) is 15.2. The van der Waals surface area contributed by atoms with Crippen LogP contribution in [0.3, 0.4) is 0 Å². The maximum atomic E-state index is 12.0. The molecule has 0 saturated carbocycles. The fraction of sp³-hybridized carbons (Fsp3) is 0.294. The minimum atomic E-state index is 0.0629. The summed E-state index contributed by atoms with van der Waals surface area (Å²) in [6.07, 6.45) is 2.71. The van der Waals surface area contributed by atoms with Crippen LogP contribution in [0.5, 0.6) is 5.75 Å². The van der Waals surface area contributed by atoms with Crippen molar-refractivity contribution in [3.63, 3.8) is 0 Å². The molecule has 0 unspecified atom stereocenters. The number of pyridine rings is 1. The Bertz CT molecular complexity index is 553. The van der Waals surface area contributed by atoms with E-state index in [1.807, 2.05) is 30.3 Å². The molecule has 0 aliphatic rings. The third-order valence-corrected chi connectivity index (χ3v) is 2.97. The molecule has 0 saturated heterocycles. The molecule has 2 rings (SSSR count). The van der Waals surface area contributed by atoms with E-state index >= 15 is 0 Å². The van der Waals surface area contributed by atoms with Gasteiger partial charge in [0, 0.05) is 18.3 Å². The molecule has 1 aromatic heterocycles. The van der Waals surface area contributed by atoms with Crippen molar-refractivity contribution in [2.45, 2.75) is 19.9 Å². The van der Waals surface area contributed by atoms with Crippen molar-refractivity contribution in [2.75, 3.05) is 13.2 Å². The van der Waals surface area contributed by atoms with Gasteiger partial charge in [-0.1, -0.05) is 13.0 Å². The number of hydrogen-bond donors (Lipinski definition) is 1. The molecule has 0 amide bonds. The van der Waals surface area contributed by atoms with E-state index in [0.29, 0.717) is 25.3 Å². The zero-order valence-corrected chi connectivity index (χ0v) is 12.2. The van der Waals surface area contributed by atoms with Gasteiger partial charge >= 0.3 is 0 Å². The van der Waals surface area contributed by atoms with Gasteiger partial charge < -0.3 is 10.1 Å². The Balaban J connectivity index is 1.80. The van der Waals surface area contributed by atoms with E-state index in [1.165, 1.54) is 0 Å². The molecule has 0 bridgehead atoms. The molecule has 0 radical (unpaired) electrons. The highest BCUT2D eigenvalue weighted by Gasteiger charge is 2.05. The minimum absolute atomic E-state index is 0.0629. The van der Waals surface area contributed by atoms with Crippen LogP contribution in [0.15, 0.2) is 48.7 Å². The van der Waals surface area contributed by atoms with Gasteiger partial charge in [0.05, 0.1) is 18.8 Å². The summed E-state index contributed by atoms with van der Waals surface area (Å²) in [5.41, 5.74) is 1.61. The quantitative estimate of drug-likeness (QED) is 0.757. The summed E-state index contributed by atoms with van der Waals surface area (Å²) in [5.74, 6) is 0.864. The molecule has 4 heteroatoms. The number of ether oxygens (including phenoxy) is 1. The lowest BCUT2D eigenvalue weighted by Crippen LogP contribution is -2.23. The number of carbonyl (C=O) groups excluding carboxylic acids is 1. The van der Waals surface area contributed by atoms with Gasteiger partial charge in [-0.2, -0.15) is 0 Å². The van der Waals surface area contributed by atoms with Gasteiger partial charge in [0.15, 0.2) is 5.78 Å². The molecule has 0 aliphatic carbocycles. The summed E-state index contributed by atoms with van der Waals surface area (Å²) in [4.78, 5) is 16.2. The van der Waals surface area contributed by atoms with Crippen LogP contribution in [-0.2, 0) is 6.54 Å². The molecular weight excluding hydrogens is 264 g/mol. The first-order valence-electron chi connectivity index (χ1n) is 7.16. The maximum Gasteiger partial charge on any atom is 0.176 e. The standard InChI is InChI=1S/C17H20N2O2/c1-2-11-21-16-8-6-14(7-9-16)17(20)13-18-12-15-5-3-4-10-19-15/h3-10,18H,2,11-13H2,1H3. The predicted molar refractivity (Wildman–Crippen MR) is 82.5 cm³/mol. The summed E-state index contributed by atoms with van der Waals surface area (Å²) in [6.45, 7) is 3.64. The Kier molecular flexibility index (Phi) is 5.91. The van der Waals surface area contributed by atoms with E-state index < -0.39 is 0 Å². The topological polar surface area (TPSA) is 51.2 Å². The number of hydrogen-bond acceptors (Lipinski definition) is 4. The Morgan fingerprint density at radius 1 is 1.19 bits per heavy atom. The Morgan fingerprint density at radius 2 is 2.00 bits per heavy atom. The molecule has 0 atom stereocenters. The van der Waals surface area contributed by atoms with Gasteiger partial charge in [0.1, 0.15) is 5.75 Å². The van der Waals surface area contributed by atoms with Crippen LogP contribution in [0.1, 0.15) is 29.4 Å². The minimum Gasteiger partial charge on any atom is -0.494 e. The zero-order chi connectivity index (χ0) is 14.9. The monoisotopic (exact) mass is 284 g/mol. The lowest BCUT2D eigenvalue weighted by molar-refractivity contribution is 0.0990. The highest BCUT2D eigenvalue weighted by atomic mass is 16.5. The molecule has 1 heterocycles. The van der Waals surface area contributed by atoms with Crippen LogP contribution < -0.4 is 10.1 Å². The van der Waals surface area contributed by atoms with E-state index in [0.717, 1.165) is 17.9 Å². The third-order valence-electron chi connectivity index (χ3n) is 2.97. The van der Waals surface area contributed by atoms with Gasteiger partial charge in [-0.3, -0.25) is 9.78 Å². The molecule has 110 valence electrons.